The Hall–Kier alpha value is -1.47. The van der Waals surface area contributed by atoms with Gasteiger partial charge in [0.15, 0.2) is 0 Å². The van der Waals surface area contributed by atoms with E-state index < -0.39 is 10.0 Å². The van der Waals surface area contributed by atoms with Gasteiger partial charge in [0.1, 0.15) is 16.3 Å². The minimum atomic E-state index is -3.86. The molecule has 1 aromatic rings. The highest BCUT2D eigenvalue weighted by Crippen LogP contribution is 2.37. The molecule has 0 saturated heterocycles. The Morgan fingerprint density at radius 3 is 2.75 bits per heavy atom. The summed E-state index contributed by atoms with van der Waals surface area (Å²) in [5.74, 6) is -0.0567. The topological polar surface area (TPSA) is 90.8 Å². The highest BCUT2D eigenvalue weighted by molar-refractivity contribution is 7.90. The Morgan fingerprint density at radius 2 is 2.05 bits per heavy atom. The van der Waals surface area contributed by atoms with Crippen molar-refractivity contribution >= 4 is 33.3 Å². The molecule has 0 aromatic heterocycles. The summed E-state index contributed by atoms with van der Waals surface area (Å²) < 4.78 is 27.9. The lowest BCUT2D eigenvalue weighted by atomic mass is 10.2. The lowest BCUT2D eigenvalue weighted by Crippen LogP contribution is -2.40. The van der Waals surface area contributed by atoms with Gasteiger partial charge in [-0.1, -0.05) is 24.4 Å². The maximum atomic E-state index is 12.1. The van der Waals surface area contributed by atoms with Crippen LogP contribution >= 0.6 is 11.6 Å². The summed E-state index contributed by atoms with van der Waals surface area (Å²) in [4.78, 5) is -0.112. The number of guanidine groups is 1. The molecule has 0 bridgehead atoms. The third kappa shape index (κ3) is 2.43. The van der Waals surface area contributed by atoms with E-state index in [1.54, 1.807) is 0 Å². The van der Waals surface area contributed by atoms with Gasteiger partial charge in [0.05, 0.1) is 0 Å². The molecule has 1 aliphatic heterocycles. The van der Waals surface area contributed by atoms with Crippen LogP contribution in [-0.2, 0) is 10.0 Å². The third-order valence-corrected chi connectivity index (χ3v) is 4.99. The highest BCUT2D eigenvalue weighted by Gasteiger charge is 2.29. The second-order valence-corrected chi connectivity index (χ2v) is 6.97. The van der Waals surface area contributed by atoms with Gasteiger partial charge < -0.3 is 15.7 Å². The van der Waals surface area contributed by atoms with Gasteiger partial charge in [-0.3, -0.25) is 0 Å². The quantitative estimate of drug-likeness (QED) is 0.690. The van der Waals surface area contributed by atoms with Crippen LogP contribution in [-0.4, -0.2) is 25.5 Å². The zero-order chi connectivity index (χ0) is 14.3. The van der Waals surface area contributed by atoms with E-state index in [2.05, 4.69) is 15.0 Å². The molecule has 0 radical (unpaired) electrons. The van der Waals surface area contributed by atoms with E-state index in [1.165, 1.54) is 12.1 Å². The second kappa shape index (κ2) is 4.82. The number of halogens is 1. The summed E-state index contributed by atoms with van der Waals surface area (Å²) in [7, 11) is -3.86. The van der Waals surface area contributed by atoms with Crippen molar-refractivity contribution in [1.29, 1.82) is 0 Å². The molecule has 1 fully saturated rings. The number of benzene rings is 1. The van der Waals surface area contributed by atoms with Gasteiger partial charge in [0.25, 0.3) is 10.0 Å². The van der Waals surface area contributed by atoms with Gasteiger partial charge in [-0.15, -0.1) is 4.40 Å². The van der Waals surface area contributed by atoms with Gasteiger partial charge in [-0.05, 0) is 18.9 Å². The number of aromatic hydroxyl groups is 1. The Balaban J connectivity index is 1.97. The number of rotatable bonds is 1. The fourth-order valence-corrected chi connectivity index (χ4v) is 3.94. The molecule has 0 unspecified atom stereocenters. The standard InChI is InChI=1S/C12H14ClN3O3S/c13-7-5-9(17)11-10(6-7)20(18,19)16-12(15-11)14-8-3-1-2-4-8/h5-6,8,17H,1-4H2,(H2,14,15,16). The van der Waals surface area contributed by atoms with Crippen LogP contribution in [0.5, 0.6) is 5.75 Å². The summed E-state index contributed by atoms with van der Waals surface area (Å²) in [5.41, 5.74) is 0.116. The van der Waals surface area contributed by atoms with Crippen LogP contribution < -0.4 is 10.6 Å². The Kier molecular flexibility index (Phi) is 3.25. The van der Waals surface area contributed by atoms with Crippen LogP contribution in [0.25, 0.3) is 0 Å². The minimum absolute atomic E-state index is 0.112. The lowest BCUT2D eigenvalue weighted by Gasteiger charge is -2.22. The number of nitrogens with one attached hydrogen (secondary N) is 2. The van der Waals surface area contributed by atoms with Crippen LogP contribution in [0.4, 0.5) is 5.69 Å². The van der Waals surface area contributed by atoms with Crippen LogP contribution in [0, 0.1) is 0 Å². The molecule has 6 nitrogen and oxygen atoms in total. The Morgan fingerprint density at radius 1 is 1.35 bits per heavy atom. The van der Waals surface area contributed by atoms with Gasteiger partial charge in [-0.2, -0.15) is 8.42 Å². The smallest absolute Gasteiger partial charge is 0.287 e. The predicted molar refractivity (Wildman–Crippen MR) is 76.8 cm³/mol. The van der Waals surface area contributed by atoms with Gasteiger partial charge in [0, 0.05) is 17.1 Å². The molecule has 2 aliphatic rings. The Labute approximate surface area is 121 Å². The van der Waals surface area contributed by atoms with Crippen LogP contribution in [0.3, 0.4) is 0 Å². The van der Waals surface area contributed by atoms with Crippen LogP contribution in [0.15, 0.2) is 21.4 Å². The van der Waals surface area contributed by atoms with Crippen molar-refractivity contribution in [2.75, 3.05) is 5.32 Å². The Bertz CT molecular complexity index is 681. The summed E-state index contributed by atoms with van der Waals surface area (Å²) >= 11 is 5.77. The average Bonchev–Trinajstić information content (AvgIpc) is 2.83. The maximum Gasteiger partial charge on any atom is 0.287 e. The first-order valence-electron chi connectivity index (χ1n) is 6.37. The van der Waals surface area contributed by atoms with Crippen molar-refractivity contribution in [1.82, 2.24) is 5.32 Å². The van der Waals surface area contributed by atoms with E-state index in [4.69, 9.17) is 11.6 Å². The average molecular weight is 316 g/mol. The van der Waals surface area contributed by atoms with E-state index in [0.29, 0.717) is 0 Å². The number of phenols is 1. The summed E-state index contributed by atoms with van der Waals surface area (Å²) in [6.07, 6.45) is 4.21. The van der Waals surface area contributed by atoms with E-state index >= 15 is 0 Å². The normalized spacial score (nSPS) is 20.9. The van der Waals surface area contributed by atoms with E-state index in [-0.39, 0.29) is 33.4 Å². The molecule has 1 aliphatic carbocycles. The molecule has 108 valence electrons. The molecule has 8 heteroatoms. The minimum Gasteiger partial charge on any atom is -0.506 e. The van der Waals surface area contributed by atoms with Crippen molar-refractivity contribution in [2.24, 2.45) is 4.40 Å². The summed E-state index contributed by atoms with van der Waals surface area (Å²) in [6.45, 7) is 0. The molecule has 1 aromatic carbocycles. The predicted octanol–water partition coefficient (Wildman–Crippen LogP) is 2.05. The fourth-order valence-electron chi connectivity index (χ4n) is 2.53. The lowest BCUT2D eigenvalue weighted by molar-refractivity contribution is 0.475. The largest absolute Gasteiger partial charge is 0.506 e. The number of sulfonamides is 1. The first-order chi connectivity index (χ1) is 9.45. The molecule has 0 atom stereocenters. The number of anilines is 1. The number of hydrogen-bond donors (Lipinski definition) is 3. The molecular formula is C12H14ClN3O3S. The summed E-state index contributed by atoms with van der Waals surface area (Å²) in [6, 6.07) is 2.78. The fraction of sp³-hybridized carbons (Fsp3) is 0.417. The second-order valence-electron chi connectivity index (χ2n) is 4.96. The van der Waals surface area contributed by atoms with Gasteiger partial charge >= 0.3 is 0 Å². The molecule has 1 heterocycles. The van der Waals surface area contributed by atoms with Crippen molar-refractivity contribution in [3.05, 3.63) is 17.2 Å². The first kappa shape index (κ1) is 13.5. The SMILES string of the molecule is O=S1(=O)N=C(NC2CCCC2)Nc2c(O)cc(Cl)cc21. The maximum absolute atomic E-state index is 12.1. The van der Waals surface area contributed by atoms with Gasteiger partial charge in [-0.25, -0.2) is 0 Å². The van der Waals surface area contributed by atoms with Crippen LogP contribution in [0.1, 0.15) is 25.7 Å². The van der Waals surface area contributed by atoms with Crippen LogP contribution in [0.2, 0.25) is 5.02 Å². The summed E-state index contributed by atoms with van der Waals surface area (Å²) in [5, 5.41) is 15.9. The monoisotopic (exact) mass is 315 g/mol. The third-order valence-electron chi connectivity index (χ3n) is 3.47. The molecule has 0 amide bonds. The number of hydrogen-bond acceptors (Lipinski definition) is 5. The first-order valence-corrected chi connectivity index (χ1v) is 8.18. The molecule has 1 saturated carbocycles. The zero-order valence-corrected chi connectivity index (χ0v) is 12.1. The van der Waals surface area contributed by atoms with E-state index in [1.807, 2.05) is 0 Å². The van der Waals surface area contributed by atoms with Crippen molar-refractivity contribution in [3.63, 3.8) is 0 Å². The molecule has 0 spiro atoms. The van der Waals surface area contributed by atoms with Crippen molar-refractivity contribution in [2.45, 2.75) is 36.6 Å². The van der Waals surface area contributed by atoms with E-state index in [0.717, 1.165) is 25.7 Å². The highest BCUT2D eigenvalue weighted by atomic mass is 35.5. The van der Waals surface area contributed by atoms with Crippen molar-refractivity contribution < 1.29 is 13.5 Å². The zero-order valence-electron chi connectivity index (χ0n) is 10.6. The molecule has 3 rings (SSSR count). The van der Waals surface area contributed by atoms with E-state index in [9.17, 15) is 13.5 Å². The number of phenolic OH excluding ortho intramolecular Hbond substituents is 1. The van der Waals surface area contributed by atoms with Crippen molar-refractivity contribution in [3.8, 4) is 5.75 Å². The molecule has 20 heavy (non-hydrogen) atoms. The number of fused-ring (bicyclic) bond motifs is 1. The number of nitrogens with zero attached hydrogens (tertiary/aromatic N) is 1. The van der Waals surface area contributed by atoms with Gasteiger partial charge in [0.2, 0.25) is 5.96 Å². The molecular weight excluding hydrogens is 302 g/mol. The molecule has 3 N–H and O–H groups in total.